The fraction of sp³-hybridized carbons (Fsp3) is 0.474. The van der Waals surface area contributed by atoms with Crippen LogP contribution in [0.15, 0.2) is 18.2 Å². The summed E-state index contributed by atoms with van der Waals surface area (Å²) in [6.07, 6.45) is 5.62. The summed E-state index contributed by atoms with van der Waals surface area (Å²) < 4.78 is 0. The highest BCUT2D eigenvalue weighted by atomic mass is 35.5. The van der Waals surface area contributed by atoms with Gasteiger partial charge in [0.2, 0.25) is 5.95 Å². The summed E-state index contributed by atoms with van der Waals surface area (Å²) >= 11 is 6.12. The average molecular weight is 373 g/mol. The second kappa shape index (κ2) is 7.29. The maximum absolute atomic E-state index is 6.12. The number of likely N-dealkylation sites (N-methyl/N-ethyl adjacent to an activating group) is 1. The second-order valence-corrected chi connectivity index (χ2v) is 7.56. The molecule has 0 saturated carbocycles. The van der Waals surface area contributed by atoms with Crippen LogP contribution in [-0.2, 0) is 12.8 Å². The van der Waals surface area contributed by atoms with Crippen molar-refractivity contribution in [1.82, 2.24) is 15.3 Å². The van der Waals surface area contributed by atoms with Crippen molar-refractivity contribution in [3.63, 3.8) is 0 Å². The van der Waals surface area contributed by atoms with E-state index in [1.165, 1.54) is 24.1 Å². The molecule has 0 unspecified atom stereocenters. The van der Waals surface area contributed by atoms with Crippen LogP contribution in [0.4, 0.5) is 23.1 Å². The van der Waals surface area contributed by atoms with Crippen LogP contribution >= 0.6 is 11.6 Å². The smallest absolute Gasteiger partial charge is 0.229 e. The zero-order valence-electron chi connectivity index (χ0n) is 15.1. The highest BCUT2D eigenvalue weighted by molar-refractivity contribution is 6.31. The van der Waals surface area contributed by atoms with Crippen molar-refractivity contribution in [2.45, 2.75) is 38.1 Å². The van der Waals surface area contributed by atoms with Crippen molar-refractivity contribution >= 4 is 34.7 Å². The summed E-state index contributed by atoms with van der Waals surface area (Å²) in [5.41, 5.74) is 9.81. The van der Waals surface area contributed by atoms with Gasteiger partial charge in [-0.2, -0.15) is 4.98 Å². The molecule has 2 aromatic rings. The van der Waals surface area contributed by atoms with Crippen LogP contribution in [0.5, 0.6) is 0 Å². The summed E-state index contributed by atoms with van der Waals surface area (Å²) in [5, 5.41) is 7.30. The van der Waals surface area contributed by atoms with E-state index in [1.807, 2.05) is 19.2 Å². The molecule has 1 saturated heterocycles. The zero-order valence-corrected chi connectivity index (χ0v) is 15.8. The second-order valence-electron chi connectivity index (χ2n) is 7.12. The SMILES string of the molecule is CN[C@@H]1CCCN(c2nc(Nc3cc(N)cc(Cl)c3)nc3c2CCC3)C1. The Kier molecular flexibility index (Phi) is 4.87. The van der Waals surface area contributed by atoms with Gasteiger partial charge >= 0.3 is 0 Å². The van der Waals surface area contributed by atoms with E-state index in [4.69, 9.17) is 27.3 Å². The summed E-state index contributed by atoms with van der Waals surface area (Å²) in [6.45, 7) is 2.04. The molecule has 4 N–H and O–H groups in total. The third-order valence-corrected chi connectivity index (χ3v) is 5.43. The average Bonchev–Trinajstić information content (AvgIpc) is 3.08. The molecule has 1 aromatic carbocycles. The number of hydrogen-bond acceptors (Lipinski definition) is 6. The lowest BCUT2D eigenvalue weighted by Crippen LogP contribution is -2.45. The number of aryl methyl sites for hydroxylation is 1. The van der Waals surface area contributed by atoms with Gasteiger partial charge in [-0.15, -0.1) is 0 Å². The van der Waals surface area contributed by atoms with E-state index in [1.54, 1.807) is 6.07 Å². The maximum Gasteiger partial charge on any atom is 0.229 e. The number of nitrogens with two attached hydrogens (primary N) is 1. The Labute approximate surface area is 159 Å². The number of nitrogen functional groups attached to an aromatic ring is 1. The Morgan fingerprint density at radius 3 is 2.88 bits per heavy atom. The third kappa shape index (κ3) is 3.57. The Morgan fingerprint density at radius 2 is 2.08 bits per heavy atom. The molecule has 1 atom stereocenters. The Morgan fingerprint density at radius 1 is 1.19 bits per heavy atom. The first-order valence-corrected chi connectivity index (χ1v) is 9.65. The molecule has 2 aliphatic rings. The number of benzene rings is 1. The zero-order chi connectivity index (χ0) is 18.1. The Balaban J connectivity index is 1.66. The molecule has 0 spiro atoms. The normalized spacial score (nSPS) is 19.5. The predicted octanol–water partition coefficient (Wildman–Crippen LogP) is 3.13. The van der Waals surface area contributed by atoms with Crippen molar-refractivity contribution in [3.05, 3.63) is 34.5 Å². The minimum absolute atomic E-state index is 0.514. The van der Waals surface area contributed by atoms with Gasteiger partial charge in [-0.1, -0.05) is 11.6 Å². The van der Waals surface area contributed by atoms with Crippen LogP contribution in [0, 0.1) is 0 Å². The van der Waals surface area contributed by atoms with Crippen molar-refractivity contribution in [2.24, 2.45) is 0 Å². The molecule has 6 nitrogen and oxygen atoms in total. The Bertz CT molecular complexity index is 789. The minimum atomic E-state index is 0.514. The molecule has 1 aromatic heterocycles. The molecule has 0 amide bonds. The number of piperidine rings is 1. The molecule has 4 rings (SSSR count). The number of nitrogens with one attached hydrogen (secondary N) is 2. The predicted molar refractivity (Wildman–Crippen MR) is 107 cm³/mol. The molecule has 1 aliphatic carbocycles. The lowest BCUT2D eigenvalue weighted by Gasteiger charge is -2.34. The highest BCUT2D eigenvalue weighted by Crippen LogP contribution is 2.32. The van der Waals surface area contributed by atoms with Crippen molar-refractivity contribution < 1.29 is 0 Å². The number of hydrogen-bond donors (Lipinski definition) is 3. The van der Waals surface area contributed by atoms with Crippen molar-refractivity contribution in [3.8, 4) is 0 Å². The number of fused-ring (bicyclic) bond motifs is 1. The number of nitrogens with zero attached hydrogens (tertiary/aromatic N) is 3. The molecule has 26 heavy (non-hydrogen) atoms. The summed E-state index contributed by atoms with van der Waals surface area (Å²) in [7, 11) is 2.04. The standard InChI is InChI=1S/C19H25ClN6/c1-22-14-4-3-7-26(11-14)18-16-5-2-6-17(16)24-19(25-18)23-15-9-12(20)8-13(21)10-15/h8-10,14,22H,2-7,11,21H2,1H3,(H,23,24,25)/t14-/m1/s1. The minimum Gasteiger partial charge on any atom is -0.399 e. The molecular weight excluding hydrogens is 348 g/mol. The van der Waals surface area contributed by atoms with Crippen LogP contribution in [0.3, 0.4) is 0 Å². The van der Waals surface area contributed by atoms with Gasteiger partial charge in [0.1, 0.15) is 5.82 Å². The third-order valence-electron chi connectivity index (χ3n) is 5.22. The van der Waals surface area contributed by atoms with Crippen molar-refractivity contribution in [2.75, 3.05) is 36.1 Å². The van der Waals surface area contributed by atoms with Crippen LogP contribution < -0.4 is 21.3 Å². The van der Waals surface area contributed by atoms with Crippen LogP contribution in [0.1, 0.15) is 30.5 Å². The van der Waals surface area contributed by atoms with Gasteiger partial charge in [0.05, 0.1) is 5.69 Å². The van der Waals surface area contributed by atoms with Gasteiger partial charge in [-0.05, 0) is 57.4 Å². The Hall–Kier alpha value is -2.05. The molecule has 138 valence electrons. The van der Waals surface area contributed by atoms with Gasteiger partial charge in [0.15, 0.2) is 0 Å². The van der Waals surface area contributed by atoms with E-state index >= 15 is 0 Å². The first-order chi connectivity index (χ1) is 12.6. The maximum atomic E-state index is 6.12. The summed E-state index contributed by atoms with van der Waals surface area (Å²) in [4.78, 5) is 12.0. The number of aromatic nitrogens is 2. The first-order valence-electron chi connectivity index (χ1n) is 9.27. The van der Waals surface area contributed by atoms with Gasteiger partial charge in [-0.25, -0.2) is 4.98 Å². The van der Waals surface area contributed by atoms with Gasteiger partial charge in [0, 0.05) is 41.1 Å². The van der Waals surface area contributed by atoms with E-state index < -0.39 is 0 Å². The fourth-order valence-electron chi connectivity index (χ4n) is 3.95. The molecule has 2 heterocycles. The quantitative estimate of drug-likeness (QED) is 0.715. The van der Waals surface area contributed by atoms with Crippen LogP contribution in [-0.4, -0.2) is 36.1 Å². The monoisotopic (exact) mass is 372 g/mol. The molecule has 7 heteroatoms. The number of halogens is 1. The van der Waals surface area contributed by atoms with Crippen LogP contribution in [0.2, 0.25) is 5.02 Å². The number of anilines is 4. The number of rotatable bonds is 4. The van der Waals surface area contributed by atoms with E-state index in [0.717, 1.165) is 43.9 Å². The molecule has 0 radical (unpaired) electrons. The summed E-state index contributed by atoms with van der Waals surface area (Å²) in [5.74, 6) is 1.71. The van der Waals surface area contributed by atoms with E-state index in [2.05, 4.69) is 15.5 Å². The molecular formula is C19H25ClN6. The largest absolute Gasteiger partial charge is 0.399 e. The lowest BCUT2D eigenvalue weighted by atomic mass is 10.1. The lowest BCUT2D eigenvalue weighted by molar-refractivity contribution is 0.447. The molecule has 1 aliphatic heterocycles. The van der Waals surface area contributed by atoms with E-state index in [0.29, 0.717) is 22.7 Å². The van der Waals surface area contributed by atoms with E-state index in [9.17, 15) is 0 Å². The highest BCUT2D eigenvalue weighted by Gasteiger charge is 2.26. The topological polar surface area (TPSA) is 79.1 Å². The summed E-state index contributed by atoms with van der Waals surface area (Å²) in [6, 6.07) is 5.93. The van der Waals surface area contributed by atoms with Crippen LogP contribution in [0.25, 0.3) is 0 Å². The van der Waals surface area contributed by atoms with Gasteiger partial charge in [-0.3, -0.25) is 0 Å². The van der Waals surface area contributed by atoms with Gasteiger partial charge in [0.25, 0.3) is 0 Å². The first kappa shape index (κ1) is 17.4. The fourth-order valence-corrected chi connectivity index (χ4v) is 4.19. The molecule has 1 fully saturated rings. The van der Waals surface area contributed by atoms with Crippen molar-refractivity contribution in [1.29, 1.82) is 0 Å². The molecule has 0 bridgehead atoms. The van der Waals surface area contributed by atoms with Gasteiger partial charge < -0.3 is 21.3 Å². The van der Waals surface area contributed by atoms with E-state index in [-0.39, 0.29) is 0 Å².